The number of ether oxygens (including phenoxy) is 2. The normalized spacial score (nSPS) is 16.6. The van der Waals surface area contributed by atoms with Gasteiger partial charge < -0.3 is 14.8 Å². The lowest BCUT2D eigenvalue weighted by atomic mass is 10.00. The second-order valence-electron chi connectivity index (χ2n) is 7.56. The van der Waals surface area contributed by atoms with E-state index >= 15 is 0 Å². The lowest BCUT2D eigenvalue weighted by molar-refractivity contribution is -0.156. The van der Waals surface area contributed by atoms with E-state index in [4.69, 9.17) is 9.47 Å². The lowest BCUT2D eigenvalue weighted by Gasteiger charge is -2.39. The number of carbonyl (C=O) groups is 2. The van der Waals surface area contributed by atoms with Crippen LogP contribution in [0, 0.1) is 5.92 Å². The van der Waals surface area contributed by atoms with Crippen LogP contribution in [0.4, 0.5) is 4.79 Å². The van der Waals surface area contributed by atoms with E-state index in [9.17, 15) is 9.59 Å². The molecule has 1 N–H and O–H groups in total. The van der Waals surface area contributed by atoms with Gasteiger partial charge in [-0.2, -0.15) is 0 Å². The molecule has 1 heterocycles. The molecule has 0 radical (unpaired) electrons. The van der Waals surface area contributed by atoms with Crippen LogP contribution in [-0.4, -0.2) is 48.2 Å². The summed E-state index contributed by atoms with van der Waals surface area (Å²) >= 11 is 0. The Bertz CT molecular complexity index is 577. The van der Waals surface area contributed by atoms with E-state index in [-0.39, 0.29) is 17.9 Å². The van der Waals surface area contributed by atoms with Gasteiger partial charge >= 0.3 is 12.1 Å². The quantitative estimate of drug-likeness (QED) is 0.800. The number of nitrogens with zero attached hydrogens (tertiary/aromatic N) is 1. The first kappa shape index (κ1) is 19.2. The van der Waals surface area contributed by atoms with E-state index in [2.05, 4.69) is 10.2 Å². The molecule has 2 rings (SSSR count). The van der Waals surface area contributed by atoms with Gasteiger partial charge in [0.25, 0.3) is 0 Å². The Morgan fingerprint density at radius 3 is 2.48 bits per heavy atom. The Kier molecular flexibility index (Phi) is 6.42. The van der Waals surface area contributed by atoms with Crippen LogP contribution in [0.5, 0.6) is 0 Å². The maximum atomic E-state index is 12.0. The zero-order chi connectivity index (χ0) is 18.4. The van der Waals surface area contributed by atoms with Gasteiger partial charge in [-0.05, 0) is 33.3 Å². The third-order valence-corrected chi connectivity index (χ3v) is 3.81. The molecule has 0 saturated carbocycles. The molecule has 0 spiro atoms. The largest absolute Gasteiger partial charge is 0.461 e. The molecule has 1 unspecified atom stereocenters. The van der Waals surface area contributed by atoms with E-state index in [1.54, 1.807) is 0 Å². The van der Waals surface area contributed by atoms with Gasteiger partial charge in [0, 0.05) is 25.7 Å². The minimum atomic E-state index is -0.506. The van der Waals surface area contributed by atoms with Gasteiger partial charge in [0.1, 0.15) is 12.2 Å². The van der Waals surface area contributed by atoms with Crippen LogP contribution >= 0.6 is 0 Å². The number of hydrogen-bond donors (Lipinski definition) is 1. The minimum absolute atomic E-state index is 0.0452. The van der Waals surface area contributed by atoms with Crippen molar-refractivity contribution in [3.8, 4) is 0 Å². The van der Waals surface area contributed by atoms with Crippen LogP contribution in [0.3, 0.4) is 0 Å². The Morgan fingerprint density at radius 2 is 1.88 bits per heavy atom. The second-order valence-corrected chi connectivity index (χ2v) is 7.56. The number of esters is 1. The van der Waals surface area contributed by atoms with Crippen molar-refractivity contribution in [3.05, 3.63) is 35.9 Å². The van der Waals surface area contributed by atoms with Crippen molar-refractivity contribution in [2.75, 3.05) is 19.6 Å². The van der Waals surface area contributed by atoms with Gasteiger partial charge in [0.2, 0.25) is 0 Å². The van der Waals surface area contributed by atoms with Gasteiger partial charge in [-0.15, -0.1) is 0 Å². The highest BCUT2D eigenvalue weighted by Crippen LogP contribution is 2.18. The highest BCUT2D eigenvalue weighted by molar-refractivity contribution is 5.74. The number of benzene rings is 1. The Balaban J connectivity index is 1.63. The van der Waals surface area contributed by atoms with Crippen LogP contribution in [0.15, 0.2) is 30.3 Å². The average molecular weight is 348 g/mol. The van der Waals surface area contributed by atoms with Gasteiger partial charge in [0.05, 0.1) is 5.92 Å². The van der Waals surface area contributed by atoms with Crippen LogP contribution in [0.2, 0.25) is 0 Å². The smallest absolute Gasteiger partial charge is 0.407 e. The Labute approximate surface area is 149 Å². The first-order valence-electron chi connectivity index (χ1n) is 8.65. The van der Waals surface area contributed by atoms with E-state index in [1.807, 2.05) is 58.0 Å². The highest BCUT2D eigenvalue weighted by Gasteiger charge is 2.34. The highest BCUT2D eigenvalue weighted by atomic mass is 16.6. The third-order valence-electron chi connectivity index (χ3n) is 3.81. The number of rotatable bonds is 6. The van der Waals surface area contributed by atoms with Crippen molar-refractivity contribution in [3.63, 3.8) is 0 Å². The molecule has 0 bridgehead atoms. The first-order valence-corrected chi connectivity index (χ1v) is 8.65. The first-order chi connectivity index (χ1) is 11.7. The molecule has 0 aromatic heterocycles. The predicted molar refractivity (Wildman–Crippen MR) is 95.0 cm³/mol. The molecule has 138 valence electrons. The number of hydrogen-bond acceptors (Lipinski definition) is 5. The lowest BCUT2D eigenvalue weighted by Crippen LogP contribution is -2.55. The number of likely N-dealkylation sites (tertiary alicyclic amines) is 1. The molecule has 1 fully saturated rings. The molecule has 1 aliphatic heterocycles. The van der Waals surface area contributed by atoms with Crippen molar-refractivity contribution < 1.29 is 19.1 Å². The van der Waals surface area contributed by atoms with Crippen molar-refractivity contribution in [2.45, 2.75) is 45.9 Å². The fourth-order valence-electron chi connectivity index (χ4n) is 2.66. The summed E-state index contributed by atoms with van der Waals surface area (Å²) in [7, 11) is 0. The molecule has 1 saturated heterocycles. The zero-order valence-corrected chi connectivity index (χ0v) is 15.5. The van der Waals surface area contributed by atoms with E-state index in [1.165, 1.54) is 0 Å². The van der Waals surface area contributed by atoms with Crippen LogP contribution in [0.1, 0.15) is 33.3 Å². The minimum Gasteiger partial charge on any atom is -0.461 e. The van der Waals surface area contributed by atoms with Gasteiger partial charge in [-0.3, -0.25) is 9.69 Å². The van der Waals surface area contributed by atoms with E-state index in [0.29, 0.717) is 26.2 Å². The summed E-state index contributed by atoms with van der Waals surface area (Å²) in [5.41, 5.74) is 0.482. The second kappa shape index (κ2) is 8.34. The van der Waals surface area contributed by atoms with Gasteiger partial charge in [-0.1, -0.05) is 30.3 Å². The molecule has 1 atom stereocenters. The number of nitrogens with one attached hydrogen (secondary N) is 1. The number of amides is 1. The number of alkyl carbamates (subject to hydrolysis) is 1. The van der Waals surface area contributed by atoms with Crippen molar-refractivity contribution in [1.29, 1.82) is 0 Å². The topological polar surface area (TPSA) is 67.9 Å². The van der Waals surface area contributed by atoms with Crippen molar-refractivity contribution in [1.82, 2.24) is 10.2 Å². The maximum Gasteiger partial charge on any atom is 0.407 e. The standard InChI is InChI=1S/C19H28N2O4/c1-14(20-18(23)25-19(2,3)4)10-21-11-16(12-21)17(22)24-13-15-8-6-5-7-9-15/h5-9,14,16H,10-13H2,1-4H3,(H,20,23). The van der Waals surface area contributed by atoms with Crippen molar-refractivity contribution >= 4 is 12.1 Å². The van der Waals surface area contributed by atoms with E-state index in [0.717, 1.165) is 5.56 Å². The number of carbonyl (C=O) groups excluding carboxylic acids is 2. The average Bonchev–Trinajstić information content (AvgIpc) is 2.47. The molecule has 0 aliphatic carbocycles. The van der Waals surface area contributed by atoms with Crippen LogP contribution < -0.4 is 5.32 Å². The van der Waals surface area contributed by atoms with Crippen molar-refractivity contribution in [2.24, 2.45) is 5.92 Å². The molecule has 1 amide bonds. The summed E-state index contributed by atoms with van der Waals surface area (Å²) in [6.07, 6.45) is -0.417. The molecule has 1 aromatic carbocycles. The van der Waals surface area contributed by atoms with Gasteiger partial charge in [-0.25, -0.2) is 4.79 Å². The van der Waals surface area contributed by atoms with Crippen LogP contribution in [0.25, 0.3) is 0 Å². The zero-order valence-electron chi connectivity index (χ0n) is 15.5. The molecule has 25 heavy (non-hydrogen) atoms. The molecular weight excluding hydrogens is 320 g/mol. The van der Waals surface area contributed by atoms with Crippen LogP contribution in [-0.2, 0) is 20.9 Å². The summed E-state index contributed by atoms with van der Waals surface area (Å²) in [5, 5.41) is 2.81. The summed E-state index contributed by atoms with van der Waals surface area (Å²) in [5.74, 6) is -0.245. The Hall–Kier alpha value is -2.08. The molecule has 6 nitrogen and oxygen atoms in total. The molecular formula is C19H28N2O4. The third kappa shape index (κ3) is 6.74. The molecule has 1 aromatic rings. The van der Waals surface area contributed by atoms with E-state index < -0.39 is 11.7 Å². The summed E-state index contributed by atoms with van der Waals surface area (Å²) < 4.78 is 10.6. The SMILES string of the molecule is CC(CN1CC(C(=O)OCc2ccccc2)C1)NC(=O)OC(C)(C)C. The summed E-state index contributed by atoms with van der Waals surface area (Å²) in [4.78, 5) is 25.9. The monoisotopic (exact) mass is 348 g/mol. The Morgan fingerprint density at radius 1 is 1.24 bits per heavy atom. The fraction of sp³-hybridized carbons (Fsp3) is 0.579. The summed E-state index contributed by atoms with van der Waals surface area (Å²) in [6, 6.07) is 9.60. The van der Waals surface area contributed by atoms with Gasteiger partial charge in [0.15, 0.2) is 0 Å². The maximum absolute atomic E-state index is 12.0. The molecule has 6 heteroatoms. The summed E-state index contributed by atoms with van der Waals surface area (Å²) in [6.45, 7) is 9.73. The fourth-order valence-corrected chi connectivity index (χ4v) is 2.66. The molecule has 1 aliphatic rings. The predicted octanol–water partition coefficient (Wildman–Crippen LogP) is 2.57.